The smallest absolute Gasteiger partial charge is 0.194 e. The van der Waals surface area contributed by atoms with Crippen molar-refractivity contribution in [1.29, 1.82) is 0 Å². The van der Waals surface area contributed by atoms with Crippen LogP contribution in [0.5, 0.6) is 5.75 Å². The Morgan fingerprint density at radius 2 is 2.00 bits per heavy atom. The zero-order valence-electron chi connectivity index (χ0n) is 17.7. The Hall–Kier alpha value is -1.81. The fraction of sp³-hybridized carbons (Fsp3) is 0.500. The van der Waals surface area contributed by atoms with Gasteiger partial charge in [0.25, 0.3) is 0 Å². The van der Waals surface area contributed by atoms with Gasteiger partial charge in [0.2, 0.25) is 0 Å². The number of methoxy groups -OCH3 is 1. The number of rotatable bonds is 8. The van der Waals surface area contributed by atoms with Gasteiger partial charge in [-0.2, -0.15) is 5.10 Å². The van der Waals surface area contributed by atoms with Crippen molar-refractivity contribution in [3.63, 3.8) is 0 Å². The van der Waals surface area contributed by atoms with E-state index in [1.807, 2.05) is 49.4 Å². The molecule has 0 bridgehead atoms. The van der Waals surface area contributed by atoms with Gasteiger partial charge in [-0.15, -0.1) is 24.0 Å². The maximum atomic E-state index is 5.47. The topological polar surface area (TPSA) is 57.9 Å². The molecule has 8 heteroatoms. The minimum atomic E-state index is 0. The first kappa shape index (κ1) is 24.2. The first-order chi connectivity index (χ1) is 13.0. The first-order valence-electron chi connectivity index (χ1n) is 9.22. The van der Waals surface area contributed by atoms with Crippen molar-refractivity contribution < 1.29 is 4.74 Å². The van der Waals surface area contributed by atoms with Crippen molar-refractivity contribution in [3.8, 4) is 5.75 Å². The van der Waals surface area contributed by atoms with E-state index in [1.54, 1.807) is 7.11 Å². The largest absolute Gasteiger partial charge is 0.496 e. The summed E-state index contributed by atoms with van der Waals surface area (Å²) in [6.07, 6.45) is 3.96. The first-order valence-corrected chi connectivity index (χ1v) is 9.22. The molecule has 1 aromatic heterocycles. The molecule has 7 nitrogen and oxygen atoms in total. The Bertz CT molecular complexity index is 746. The molecule has 0 aliphatic rings. The highest BCUT2D eigenvalue weighted by atomic mass is 127. The summed E-state index contributed by atoms with van der Waals surface area (Å²) in [5.74, 6) is 1.76. The zero-order valence-corrected chi connectivity index (χ0v) is 20.0. The molecule has 1 aromatic carbocycles. The van der Waals surface area contributed by atoms with Gasteiger partial charge < -0.3 is 19.9 Å². The highest BCUT2D eigenvalue weighted by Crippen LogP contribution is 2.20. The van der Waals surface area contributed by atoms with Crippen molar-refractivity contribution in [2.24, 2.45) is 12.0 Å². The number of aryl methyl sites for hydroxylation is 1. The molecule has 0 aliphatic carbocycles. The molecule has 1 unspecified atom stereocenters. The summed E-state index contributed by atoms with van der Waals surface area (Å²) in [5.41, 5.74) is 2.29. The van der Waals surface area contributed by atoms with Crippen molar-refractivity contribution >= 4 is 29.9 Å². The molecule has 2 rings (SSSR count). The lowest BCUT2D eigenvalue weighted by Gasteiger charge is -2.25. The number of guanidine groups is 1. The Morgan fingerprint density at radius 3 is 2.57 bits per heavy atom. The summed E-state index contributed by atoms with van der Waals surface area (Å²) in [7, 11) is 9.82. The van der Waals surface area contributed by atoms with Gasteiger partial charge in [-0.3, -0.25) is 9.67 Å². The van der Waals surface area contributed by atoms with E-state index in [-0.39, 0.29) is 30.0 Å². The van der Waals surface area contributed by atoms with Crippen LogP contribution < -0.4 is 10.1 Å². The lowest BCUT2D eigenvalue weighted by atomic mass is 10.1. The minimum Gasteiger partial charge on any atom is -0.496 e. The molecule has 1 atom stereocenters. The molecule has 0 fully saturated rings. The second-order valence-electron chi connectivity index (χ2n) is 6.79. The van der Waals surface area contributed by atoms with Crippen molar-refractivity contribution in [3.05, 3.63) is 47.8 Å². The lowest BCUT2D eigenvalue weighted by molar-refractivity contribution is 0.305. The van der Waals surface area contributed by atoms with E-state index in [9.17, 15) is 0 Å². The van der Waals surface area contributed by atoms with Gasteiger partial charge in [-0.05, 0) is 27.1 Å². The number of halogens is 1. The third-order valence-corrected chi connectivity index (χ3v) is 4.44. The summed E-state index contributed by atoms with van der Waals surface area (Å²) in [6, 6.07) is 8.25. The third-order valence-electron chi connectivity index (χ3n) is 4.44. The predicted octanol–water partition coefficient (Wildman–Crippen LogP) is 2.75. The summed E-state index contributed by atoms with van der Waals surface area (Å²) in [5, 5.41) is 7.68. The molecule has 0 saturated heterocycles. The molecule has 0 saturated carbocycles. The number of aromatic nitrogens is 2. The third kappa shape index (κ3) is 6.66. The van der Waals surface area contributed by atoms with Crippen LogP contribution in [0.25, 0.3) is 0 Å². The fourth-order valence-corrected chi connectivity index (χ4v) is 2.99. The van der Waals surface area contributed by atoms with Crippen LogP contribution in [0, 0.1) is 0 Å². The number of benzene rings is 1. The quantitative estimate of drug-likeness (QED) is 0.343. The van der Waals surface area contributed by atoms with E-state index in [0.29, 0.717) is 6.54 Å². The van der Waals surface area contributed by atoms with Gasteiger partial charge in [0.15, 0.2) is 5.96 Å². The standard InChI is InChI=1S/C20H32N6O.HI/c1-7-21-20(25(4)14-16-10-8-9-11-19(16)27-6)22-13-18(24(2)3)17-12-23-26(5)15-17;/h8-12,15,18H,7,13-14H2,1-6H3,(H,21,22);1H. The molecular weight excluding hydrogens is 467 g/mol. The van der Waals surface area contributed by atoms with E-state index >= 15 is 0 Å². The maximum Gasteiger partial charge on any atom is 0.194 e. The average molecular weight is 500 g/mol. The van der Waals surface area contributed by atoms with Crippen LogP contribution >= 0.6 is 24.0 Å². The molecular formula is C20H33IN6O. The highest BCUT2D eigenvalue weighted by Gasteiger charge is 2.17. The number of likely N-dealkylation sites (N-methyl/N-ethyl adjacent to an activating group) is 1. The van der Waals surface area contributed by atoms with Gasteiger partial charge in [0, 0.05) is 44.5 Å². The van der Waals surface area contributed by atoms with Crippen LogP contribution in [0.4, 0.5) is 0 Å². The number of para-hydroxylation sites is 1. The second kappa shape index (κ2) is 11.9. The summed E-state index contributed by atoms with van der Waals surface area (Å²) in [4.78, 5) is 9.18. The average Bonchev–Trinajstić information content (AvgIpc) is 3.07. The Kier molecular flexibility index (Phi) is 10.3. The molecule has 2 aromatic rings. The van der Waals surface area contributed by atoms with E-state index < -0.39 is 0 Å². The molecule has 0 spiro atoms. The number of nitrogens with zero attached hydrogens (tertiary/aromatic N) is 5. The SMILES string of the molecule is CCNC(=NCC(c1cnn(C)c1)N(C)C)N(C)Cc1ccccc1OC.I. The van der Waals surface area contributed by atoms with E-state index in [1.165, 1.54) is 0 Å². The Labute approximate surface area is 185 Å². The van der Waals surface area contributed by atoms with Crippen LogP contribution in [0.3, 0.4) is 0 Å². The van der Waals surface area contributed by atoms with E-state index in [4.69, 9.17) is 9.73 Å². The molecule has 28 heavy (non-hydrogen) atoms. The van der Waals surface area contributed by atoms with Gasteiger partial charge in [0.1, 0.15) is 5.75 Å². The number of hydrogen-bond donors (Lipinski definition) is 1. The summed E-state index contributed by atoms with van der Waals surface area (Å²) >= 11 is 0. The van der Waals surface area contributed by atoms with Crippen LogP contribution in [0.15, 0.2) is 41.7 Å². The zero-order chi connectivity index (χ0) is 19.8. The van der Waals surface area contributed by atoms with Crippen LogP contribution in [0.2, 0.25) is 0 Å². The lowest BCUT2D eigenvalue weighted by Crippen LogP contribution is -2.39. The van der Waals surface area contributed by atoms with Gasteiger partial charge >= 0.3 is 0 Å². The molecule has 1 N–H and O–H groups in total. The normalized spacial score (nSPS) is 12.5. The summed E-state index contributed by atoms with van der Waals surface area (Å²) < 4.78 is 7.30. The van der Waals surface area contributed by atoms with Crippen molar-refractivity contribution in [2.45, 2.75) is 19.5 Å². The monoisotopic (exact) mass is 500 g/mol. The number of nitrogens with one attached hydrogen (secondary N) is 1. The van der Waals surface area contributed by atoms with Gasteiger partial charge in [0.05, 0.1) is 25.9 Å². The van der Waals surface area contributed by atoms with Gasteiger partial charge in [-0.1, -0.05) is 18.2 Å². The van der Waals surface area contributed by atoms with Gasteiger partial charge in [-0.25, -0.2) is 0 Å². The van der Waals surface area contributed by atoms with Crippen molar-refractivity contribution in [1.82, 2.24) is 24.9 Å². The second-order valence-corrected chi connectivity index (χ2v) is 6.79. The Morgan fingerprint density at radius 1 is 1.29 bits per heavy atom. The van der Waals surface area contributed by atoms with E-state index in [2.05, 4.69) is 47.3 Å². The van der Waals surface area contributed by atoms with Crippen LogP contribution in [0.1, 0.15) is 24.1 Å². The van der Waals surface area contributed by atoms with E-state index in [0.717, 1.165) is 35.9 Å². The molecule has 156 valence electrons. The number of aliphatic imine (C=N–C) groups is 1. The summed E-state index contributed by atoms with van der Waals surface area (Å²) in [6.45, 7) is 4.26. The predicted molar refractivity (Wildman–Crippen MR) is 125 cm³/mol. The molecule has 0 aliphatic heterocycles. The van der Waals surface area contributed by atoms with Crippen LogP contribution in [-0.2, 0) is 13.6 Å². The maximum absolute atomic E-state index is 5.47. The molecule has 0 radical (unpaired) electrons. The number of ether oxygens (including phenoxy) is 1. The molecule has 1 heterocycles. The molecule has 0 amide bonds. The highest BCUT2D eigenvalue weighted by molar-refractivity contribution is 14.0. The minimum absolute atomic E-state index is 0. The fourth-order valence-electron chi connectivity index (χ4n) is 2.99. The Balaban J connectivity index is 0.00000392. The van der Waals surface area contributed by atoms with Crippen LogP contribution in [-0.4, -0.2) is 66.9 Å². The van der Waals surface area contributed by atoms with Crippen molar-refractivity contribution in [2.75, 3.05) is 41.3 Å². The number of hydrogen-bond acceptors (Lipinski definition) is 4.